The van der Waals surface area contributed by atoms with Gasteiger partial charge in [-0.3, -0.25) is 4.79 Å². The molecule has 16 heavy (non-hydrogen) atoms. The van der Waals surface area contributed by atoms with Crippen molar-refractivity contribution in [3.8, 4) is 0 Å². The topological polar surface area (TPSA) is 29.1 Å². The van der Waals surface area contributed by atoms with Crippen LogP contribution in [0.5, 0.6) is 0 Å². The van der Waals surface area contributed by atoms with Crippen LogP contribution in [0.1, 0.15) is 52.4 Å². The first-order chi connectivity index (χ1) is 7.65. The van der Waals surface area contributed by atoms with E-state index in [4.69, 9.17) is 11.6 Å². The van der Waals surface area contributed by atoms with E-state index in [1.165, 1.54) is 12.8 Å². The second-order valence-corrected chi connectivity index (χ2v) is 5.47. The van der Waals surface area contributed by atoms with Crippen LogP contribution in [0, 0.1) is 11.8 Å². The zero-order valence-corrected chi connectivity index (χ0v) is 11.2. The van der Waals surface area contributed by atoms with Gasteiger partial charge in [0.05, 0.1) is 0 Å². The SMILES string of the molecule is CC1CCCC(NC(=O)CCCCCl)C1C. The van der Waals surface area contributed by atoms with Gasteiger partial charge in [-0.1, -0.05) is 26.7 Å². The summed E-state index contributed by atoms with van der Waals surface area (Å²) in [7, 11) is 0. The lowest BCUT2D eigenvalue weighted by atomic mass is 9.78. The summed E-state index contributed by atoms with van der Waals surface area (Å²) in [4.78, 5) is 11.7. The van der Waals surface area contributed by atoms with E-state index < -0.39 is 0 Å². The van der Waals surface area contributed by atoms with Gasteiger partial charge in [0.15, 0.2) is 0 Å². The van der Waals surface area contributed by atoms with Gasteiger partial charge < -0.3 is 5.32 Å². The summed E-state index contributed by atoms with van der Waals surface area (Å²) in [5, 5.41) is 3.18. The quantitative estimate of drug-likeness (QED) is 0.584. The van der Waals surface area contributed by atoms with Crippen LogP contribution in [-0.2, 0) is 4.79 Å². The number of hydrogen-bond donors (Lipinski definition) is 1. The largest absolute Gasteiger partial charge is 0.353 e. The third kappa shape index (κ3) is 4.32. The lowest BCUT2D eigenvalue weighted by molar-refractivity contribution is -0.122. The molecular formula is C13H24ClNO. The molecule has 3 unspecified atom stereocenters. The first-order valence-corrected chi connectivity index (χ1v) is 7.04. The monoisotopic (exact) mass is 245 g/mol. The average molecular weight is 246 g/mol. The van der Waals surface area contributed by atoms with Crippen molar-refractivity contribution in [1.82, 2.24) is 5.32 Å². The number of hydrogen-bond acceptors (Lipinski definition) is 1. The van der Waals surface area contributed by atoms with Crippen molar-refractivity contribution < 1.29 is 4.79 Å². The van der Waals surface area contributed by atoms with Crippen LogP contribution in [0.3, 0.4) is 0 Å². The Hall–Kier alpha value is -0.240. The van der Waals surface area contributed by atoms with E-state index in [1.54, 1.807) is 0 Å². The Morgan fingerprint density at radius 1 is 1.31 bits per heavy atom. The highest BCUT2D eigenvalue weighted by molar-refractivity contribution is 6.17. The van der Waals surface area contributed by atoms with E-state index in [0.29, 0.717) is 24.3 Å². The number of carbonyl (C=O) groups is 1. The first-order valence-electron chi connectivity index (χ1n) is 6.50. The minimum Gasteiger partial charge on any atom is -0.353 e. The Bertz CT molecular complexity index is 220. The van der Waals surface area contributed by atoms with Crippen molar-refractivity contribution in [1.29, 1.82) is 0 Å². The molecule has 1 N–H and O–H groups in total. The molecule has 1 amide bonds. The second kappa shape index (κ2) is 7.16. The Balaban J connectivity index is 2.26. The van der Waals surface area contributed by atoms with Crippen LogP contribution >= 0.6 is 11.6 Å². The van der Waals surface area contributed by atoms with Gasteiger partial charge in [-0.05, 0) is 31.1 Å². The predicted molar refractivity (Wildman–Crippen MR) is 68.7 cm³/mol. The van der Waals surface area contributed by atoms with Gasteiger partial charge in [0.1, 0.15) is 0 Å². The minimum atomic E-state index is 0.205. The normalized spacial score (nSPS) is 30.1. The molecule has 0 aromatic carbocycles. The van der Waals surface area contributed by atoms with E-state index in [-0.39, 0.29) is 5.91 Å². The highest BCUT2D eigenvalue weighted by Gasteiger charge is 2.27. The van der Waals surface area contributed by atoms with Crippen LogP contribution < -0.4 is 5.32 Å². The zero-order valence-electron chi connectivity index (χ0n) is 10.5. The molecule has 0 saturated heterocycles. The lowest BCUT2D eigenvalue weighted by Crippen LogP contribution is -2.43. The molecular weight excluding hydrogens is 222 g/mol. The third-order valence-corrected chi connectivity index (χ3v) is 4.11. The van der Waals surface area contributed by atoms with Crippen LogP contribution in [-0.4, -0.2) is 17.8 Å². The predicted octanol–water partition coefficient (Wildman–Crippen LogP) is 3.34. The molecule has 3 heteroatoms. The van der Waals surface area contributed by atoms with Gasteiger partial charge in [-0.25, -0.2) is 0 Å². The Morgan fingerprint density at radius 2 is 2.06 bits per heavy atom. The highest BCUT2D eigenvalue weighted by Crippen LogP contribution is 2.29. The van der Waals surface area contributed by atoms with Crippen LogP contribution in [0.4, 0.5) is 0 Å². The van der Waals surface area contributed by atoms with E-state index in [9.17, 15) is 4.79 Å². The molecule has 0 heterocycles. The third-order valence-electron chi connectivity index (χ3n) is 3.84. The Labute approximate surface area is 104 Å². The molecule has 0 spiro atoms. The van der Waals surface area contributed by atoms with Crippen molar-refractivity contribution >= 4 is 17.5 Å². The molecule has 0 bridgehead atoms. The van der Waals surface area contributed by atoms with Gasteiger partial charge in [-0.15, -0.1) is 11.6 Å². The van der Waals surface area contributed by atoms with Crippen molar-refractivity contribution in [3.05, 3.63) is 0 Å². The van der Waals surface area contributed by atoms with Crippen molar-refractivity contribution in [2.24, 2.45) is 11.8 Å². The lowest BCUT2D eigenvalue weighted by Gasteiger charge is -2.34. The maximum atomic E-state index is 11.7. The molecule has 0 aliphatic heterocycles. The maximum absolute atomic E-state index is 11.7. The fraction of sp³-hybridized carbons (Fsp3) is 0.923. The zero-order chi connectivity index (χ0) is 12.0. The first kappa shape index (κ1) is 13.8. The summed E-state index contributed by atoms with van der Waals surface area (Å²) in [6, 6.07) is 0.396. The molecule has 94 valence electrons. The van der Waals surface area contributed by atoms with Gasteiger partial charge >= 0.3 is 0 Å². The number of alkyl halides is 1. The number of carbonyl (C=O) groups excluding carboxylic acids is 1. The summed E-state index contributed by atoms with van der Waals surface area (Å²) in [5.41, 5.74) is 0. The summed E-state index contributed by atoms with van der Waals surface area (Å²) < 4.78 is 0. The highest BCUT2D eigenvalue weighted by atomic mass is 35.5. The Kier molecular flexibility index (Phi) is 6.18. The number of halogens is 1. The van der Waals surface area contributed by atoms with Crippen LogP contribution in [0.25, 0.3) is 0 Å². The molecule has 2 nitrogen and oxygen atoms in total. The van der Waals surface area contributed by atoms with Gasteiger partial charge in [0.25, 0.3) is 0 Å². The summed E-state index contributed by atoms with van der Waals surface area (Å²) in [6.45, 7) is 4.55. The van der Waals surface area contributed by atoms with E-state index in [2.05, 4.69) is 19.2 Å². The molecule has 1 aliphatic carbocycles. The van der Waals surface area contributed by atoms with Gasteiger partial charge in [-0.2, -0.15) is 0 Å². The molecule has 1 fully saturated rings. The standard InChI is InChI=1S/C13H24ClNO/c1-10-6-5-7-12(11(10)2)15-13(16)8-3-4-9-14/h10-12H,3-9H2,1-2H3,(H,15,16). The molecule has 0 aromatic heterocycles. The van der Waals surface area contributed by atoms with E-state index in [0.717, 1.165) is 25.2 Å². The number of amides is 1. The number of nitrogens with one attached hydrogen (secondary N) is 1. The van der Waals surface area contributed by atoms with Crippen LogP contribution in [0.15, 0.2) is 0 Å². The fourth-order valence-corrected chi connectivity index (χ4v) is 2.63. The smallest absolute Gasteiger partial charge is 0.220 e. The van der Waals surface area contributed by atoms with Crippen LogP contribution in [0.2, 0.25) is 0 Å². The van der Waals surface area contributed by atoms with E-state index in [1.807, 2.05) is 0 Å². The second-order valence-electron chi connectivity index (χ2n) is 5.09. The van der Waals surface area contributed by atoms with E-state index >= 15 is 0 Å². The number of unbranched alkanes of at least 4 members (excludes halogenated alkanes) is 1. The maximum Gasteiger partial charge on any atom is 0.220 e. The average Bonchev–Trinajstić information content (AvgIpc) is 2.25. The molecule has 3 atom stereocenters. The molecule has 1 aliphatic rings. The van der Waals surface area contributed by atoms with Crippen molar-refractivity contribution in [2.45, 2.75) is 58.4 Å². The van der Waals surface area contributed by atoms with Gasteiger partial charge in [0, 0.05) is 18.3 Å². The molecule has 0 aromatic rings. The summed E-state index contributed by atoms with van der Waals surface area (Å²) in [5.74, 6) is 2.22. The number of rotatable bonds is 5. The summed E-state index contributed by atoms with van der Waals surface area (Å²) >= 11 is 5.59. The minimum absolute atomic E-state index is 0.205. The molecule has 0 radical (unpaired) electrons. The Morgan fingerprint density at radius 3 is 2.75 bits per heavy atom. The fourth-order valence-electron chi connectivity index (χ4n) is 2.44. The van der Waals surface area contributed by atoms with Crippen molar-refractivity contribution in [3.63, 3.8) is 0 Å². The molecule has 1 rings (SSSR count). The van der Waals surface area contributed by atoms with Gasteiger partial charge in [0.2, 0.25) is 5.91 Å². The van der Waals surface area contributed by atoms with Crippen molar-refractivity contribution in [2.75, 3.05) is 5.88 Å². The molecule has 1 saturated carbocycles. The summed E-state index contributed by atoms with van der Waals surface area (Å²) in [6.07, 6.45) is 6.17.